The van der Waals surface area contributed by atoms with Gasteiger partial charge in [0.15, 0.2) is 0 Å². The molecule has 0 fully saturated rings. The summed E-state index contributed by atoms with van der Waals surface area (Å²) in [6.07, 6.45) is 7.10. The van der Waals surface area contributed by atoms with E-state index in [1.165, 1.54) is 0 Å². The summed E-state index contributed by atoms with van der Waals surface area (Å²) < 4.78 is 10.5. The maximum Gasteiger partial charge on any atom is 0.341 e. The zero-order valence-corrected chi connectivity index (χ0v) is 18.5. The van der Waals surface area contributed by atoms with Crippen LogP contribution in [0.5, 0.6) is 5.75 Å². The summed E-state index contributed by atoms with van der Waals surface area (Å²) in [5.41, 5.74) is 0.564. The fraction of sp³-hybridized carbons (Fsp3) is 0.583. The molecule has 1 unspecified atom stereocenters. The Balaban J connectivity index is 2.66. The summed E-state index contributed by atoms with van der Waals surface area (Å²) in [7, 11) is 0. The highest BCUT2D eigenvalue weighted by atomic mass is 16.5. The first-order valence-electron chi connectivity index (χ1n) is 10.1. The molecule has 0 amide bonds. The van der Waals surface area contributed by atoms with E-state index in [1.807, 2.05) is 6.92 Å². The Labute approximate surface area is 170 Å². The summed E-state index contributed by atoms with van der Waals surface area (Å²) in [4.78, 5) is 24.5. The van der Waals surface area contributed by atoms with Crippen molar-refractivity contribution in [1.29, 1.82) is 0 Å². The molecule has 0 heterocycles. The van der Waals surface area contributed by atoms with Gasteiger partial charge in [0, 0.05) is 0 Å². The number of carbonyl (C=O) groups excluding carboxylic acids is 2. The van der Waals surface area contributed by atoms with Crippen molar-refractivity contribution in [3.8, 4) is 5.75 Å². The fourth-order valence-corrected chi connectivity index (χ4v) is 2.66. The van der Waals surface area contributed by atoms with Crippen molar-refractivity contribution in [3.63, 3.8) is 0 Å². The number of carbonyl (C=O) groups is 2. The number of hydrogen-bond donors (Lipinski definition) is 0. The van der Waals surface area contributed by atoms with E-state index in [0.717, 1.165) is 12.8 Å². The predicted molar refractivity (Wildman–Crippen MR) is 113 cm³/mol. The molecule has 28 heavy (non-hydrogen) atoms. The molecule has 1 aromatic carbocycles. The van der Waals surface area contributed by atoms with Crippen LogP contribution in [0.25, 0.3) is 0 Å². The second kappa shape index (κ2) is 10.4. The zero-order valence-electron chi connectivity index (χ0n) is 18.5. The molecule has 1 aromatic rings. The van der Waals surface area contributed by atoms with E-state index in [-0.39, 0.29) is 40.6 Å². The van der Waals surface area contributed by atoms with Crippen LogP contribution in [0, 0.1) is 16.7 Å². The molecule has 156 valence electrons. The average molecular weight is 389 g/mol. The predicted octanol–water partition coefficient (Wildman–Crippen LogP) is 6.20. The average Bonchev–Trinajstić information content (AvgIpc) is 2.59. The molecule has 0 N–H and O–H groups in total. The second-order valence-electron chi connectivity index (χ2n) is 9.23. The minimum atomic E-state index is -0.483. The lowest BCUT2D eigenvalue weighted by Gasteiger charge is -2.23. The van der Waals surface area contributed by atoms with Gasteiger partial charge < -0.3 is 9.47 Å². The van der Waals surface area contributed by atoms with Gasteiger partial charge in [-0.15, -0.1) is 0 Å². The molecule has 0 aliphatic rings. The smallest absolute Gasteiger partial charge is 0.341 e. The summed E-state index contributed by atoms with van der Waals surface area (Å²) in [6, 6.07) is 6.68. The van der Waals surface area contributed by atoms with Crippen LogP contribution in [0.15, 0.2) is 36.4 Å². The largest absolute Gasteiger partial charge is 0.462 e. The SMILES string of the molecule is CCOC(=O)c1ccccc1OC(=O)C(C)CCC(C)(C)/C=C\CC(C)(C)C. The monoisotopic (exact) mass is 388 g/mol. The zero-order chi connectivity index (χ0) is 21.4. The lowest BCUT2D eigenvalue weighted by atomic mass is 9.83. The molecule has 1 rings (SSSR count). The van der Waals surface area contributed by atoms with Crippen LogP contribution in [0.2, 0.25) is 0 Å². The molecule has 0 aromatic heterocycles. The Morgan fingerprint density at radius 2 is 1.75 bits per heavy atom. The van der Waals surface area contributed by atoms with Crippen LogP contribution in [0.3, 0.4) is 0 Å². The van der Waals surface area contributed by atoms with E-state index in [2.05, 4.69) is 46.8 Å². The van der Waals surface area contributed by atoms with Gasteiger partial charge in [-0.3, -0.25) is 4.79 Å². The molecule has 1 atom stereocenters. The second-order valence-corrected chi connectivity index (χ2v) is 9.23. The van der Waals surface area contributed by atoms with E-state index in [4.69, 9.17) is 9.47 Å². The topological polar surface area (TPSA) is 52.6 Å². The van der Waals surface area contributed by atoms with Crippen LogP contribution >= 0.6 is 0 Å². The van der Waals surface area contributed by atoms with E-state index in [1.54, 1.807) is 31.2 Å². The summed E-state index contributed by atoms with van der Waals surface area (Å²) in [5.74, 6) is -0.817. The van der Waals surface area contributed by atoms with E-state index < -0.39 is 5.97 Å². The van der Waals surface area contributed by atoms with Crippen molar-refractivity contribution in [1.82, 2.24) is 0 Å². The number of rotatable bonds is 9. The van der Waals surface area contributed by atoms with E-state index in [0.29, 0.717) is 6.42 Å². The normalized spacial score (nSPS) is 13.4. The van der Waals surface area contributed by atoms with E-state index >= 15 is 0 Å². The number of para-hydroxylation sites is 1. The van der Waals surface area contributed by atoms with Gasteiger partial charge in [-0.25, -0.2) is 4.79 Å². The lowest BCUT2D eigenvalue weighted by Crippen LogP contribution is -2.21. The molecule has 0 saturated carbocycles. The van der Waals surface area contributed by atoms with Crippen molar-refractivity contribution in [2.75, 3.05) is 6.61 Å². The van der Waals surface area contributed by atoms with Crippen molar-refractivity contribution in [2.24, 2.45) is 16.7 Å². The Morgan fingerprint density at radius 3 is 2.36 bits per heavy atom. The van der Waals surface area contributed by atoms with Gasteiger partial charge in [-0.05, 0) is 49.1 Å². The highest BCUT2D eigenvalue weighted by Gasteiger charge is 2.23. The number of benzene rings is 1. The molecule has 0 bridgehead atoms. The summed E-state index contributed by atoms with van der Waals surface area (Å²) >= 11 is 0. The minimum Gasteiger partial charge on any atom is -0.462 e. The van der Waals surface area contributed by atoms with Crippen molar-refractivity contribution >= 4 is 11.9 Å². The molecule has 0 saturated heterocycles. The van der Waals surface area contributed by atoms with Crippen molar-refractivity contribution in [3.05, 3.63) is 42.0 Å². The molecular weight excluding hydrogens is 352 g/mol. The number of allylic oxidation sites excluding steroid dienone is 2. The first-order valence-corrected chi connectivity index (χ1v) is 10.1. The molecule has 0 aliphatic carbocycles. The van der Waals surface area contributed by atoms with Crippen LogP contribution in [-0.4, -0.2) is 18.5 Å². The van der Waals surface area contributed by atoms with Gasteiger partial charge in [0.05, 0.1) is 12.5 Å². The van der Waals surface area contributed by atoms with Gasteiger partial charge in [0.25, 0.3) is 0 Å². The highest BCUT2D eigenvalue weighted by molar-refractivity contribution is 5.93. The van der Waals surface area contributed by atoms with Crippen LogP contribution < -0.4 is 4.74 Å². The van der Waals surface area contributed by atoms with Gasteiger partial charge in [-0.1, -0.05) is 65.8 Å². The maximum absolute atomic E-state index is 12.5. The van der Waals surface area contributed by atoms with Crippen LogP contribution in [-0.2, 0) is 9.53 Å². The minimum absolute atomic E-state index is 0.0165. The maximum atomic E-state index is 12.5. The van der Waals surface area contributed by atoms with Crippen molar-refractivity contribution < 1.29 is 19.1 Å². The van der Waals surface area contributed by atoms with Crippen molar-refractivity contribution in [2.45, 2.75) is 67.7 Å². The third-order valence-electron chi connectivity index (χ3n) is 4.52. The lowest BCUT2D eigenvalue weighted by molar-refractivity contribution is -0.138. The van der Waals surface area contributed by atoms with Gasteiger partial charge in [-0.2, -0.15) is 0 Å². The molecule has 0 aliphatic heterocycles. The molecule has 4 nitrogen and oxygen atoms in total. The highest BCUT2D eigenvalue weighted by Crippen LogP contribution is 2.29. The number of esters is 2. The Hall–Kier alpha value is -2.10. The molecule has 0 spiro atoms. The molecular formula is C24H36O4. The summed E-state index contributed by atoms with van der Waals surface area (Å²) in [6.45, 7) is 14.9. The summed E-state index contributed by atoms with van der Waals surface area (Å²) in [5, 5.41) is 0. The Bertz CT molecular complexity index is 680. The quantitative estimate of drug-likeness (QED) is 0.287. The van der Waals surface area contributed by atoms with Gasteiger partial charge in [0.2, 0.25) is 0 Å². The standard InChI is InChI=1S/C24H36O4/c1-8-27-22(26)19-12-9-10-13-20(19)28-21(25)18(2)14-17-24(6,7)16-11-15-23(3,4)5/h9-13,16,18H,8,14-15,17H2,1-7H3/b16-11-. The third-order valence-corrected chi connectivity index (χ3v) is 4.52. The molecule has 0 radical (unpaired) electrons. The number of hydrogen-bond acceptors (Lipinski definition) is 4. The van der Waals surface area contributed by atoms with Crippen LogP contribution in [0.1, 0.15) is 78.1 Å². The fourth-order valence-electron chi connectivity index (χ4n) is 2.66. The molecule has 4 heteroatoms. The third kappa shape index (κ3) is 8.73. The van der Waals surface area contributed by atoms with E-state index in [9.17, 15) is 9.59 Å². The van der Waals surface area contributed by atoms with Crippen LogP contribution in [0.4, 0.5) is 0 Å². The first kappa shape index (κ1) is 23.9. The number of ether oxygens (including phenoxy) is 2. The first-order chi connectivity index (χ1) is 12.9. The van der Waals surface area contributed by atoms with Gasteiger partial charge in [0.1, 0.15) is 11.3 Å². The Kier molecular flexibility index (Phi) is 8.93. The van der Waals surface area contributed by atoms with Gasteiger partial charge >= 0.3 is 11.9 Å². The Morgan fingerprint density at radius 1 is 1.11 bits per heavy atom.